The Hall–Kier alpha value is -1.26. The topological polar surface area (TPSA) is 38.9 Å². The number of aromatic nitrogens is 1. The summed E-state index contributed by atoms with van der Waals surface area (Å²) in [4.78, 5) is 4.21. The second-order valence-electron chi connectivity index (χ2n) is 3.43. The Morgan fingerprint density at radius 2 is 1.81 bits per heavy atom. The number of benzene rings is 1. The lowest BCUT2D eigenvalue weighted by molar-refractivity contribution is 0.626. The molecule has 2 N–H and O–H groups in total. The van der Waals surface area contributed by atoms with Crippen molar-refractivity contribution in [3.8, 4) is 0 Å². The van der Waals surface area contributed by atoms with Crippen molar-refractivity contribution in [1.82, 2.24) is 4.98 Å². The van der Waals surface area contributed by atoms with Crippen molar-refractivity contribution in [3.05, 3.63) is 64.1 Å². The van der Waals surface area contributed by atoms with E-state index in [2.05, 4.69) is 20.9 Å². The molecular formula is C12H10BrFN2. The molecule has 0 saturated heterocycles. The summed E-state index contributed by atoms with van der Waals surface area (Å²) in [7, 11) is 0. The number of hydrogen-bond acceptors (Lipinski definition) is 2. The lowest BCUT2D eigenvalue weighted by atomic mass is 10.0. The van der Waals surface area contributed by atoms with Crippen LogP contribution >= 0.6 is 15.9 Å². The van der Waals surface area contributed by atoms with E-state index in [0.29, 0.717) is 0 Å². The quantitative estimate of drug-likeness (QED) is 0.919. The van der Waals surface area contributed by atoms with Gasteiger partial charge in [0.1, 0.15) is 5.82 Å². The third-order valence-corrected chi connectivity index (χ3v) is 2.77. The number of nitrogens with zero attached hydrogens (tertiary/aromatic N) is 1. The van der Waals surface area contributed by atoms with Gasteiger partial charge in [0.2, 0.25) is 0 Å². The predicted octanol–water partition coefficient (Wildman–Crippen LogP) is 3.03. The van der Waals surface area contributed by atoms with Crippen LogP contribution in [0.3, 0.4) is 0 Å². The molecule has 0 saturated carbocycles. The van der Waals surface area contributed by atoms with E-state index in [-0.39, 0.29) is 11.9 Å². The van der Waals surface area contributed by atoms with Crippen LogP contribution < -0.4 is 5.73 Å². The highest BCUT2D eigenvalue weighted by atomic mass is 79.9. The van der Waals surface area contributed by atoms with Gasteiger partial charge in [-0.05, 0) is 45.8 Å². The molecule has 0 amide bonds. The van der Waals surface area contributed by atoms with Gasteiger partial charge in [0.15, 0.2) is 0 Å². The van der Waals surface area contributed by atoms with Gasteiger partial charge in [-0.15, -0.1) is 0 Å². The van der Waals surface area contributed by atoms with Crippen molar-refractivity contribution >= 4 is 15.9 Å². The van der Waals surface area contributed by atoms with Crippen molar-refractivity contribution in [3.63, 3.8) is 0 Å². The van der Waals surface area contributed by atoms with Crippen molar-refractivity contribution in [2.75, 3.05) is 0 Å². The molecule has 0 fully saturated rings. The van der Waals surface area contributed by atoms with E-state index < -0.39 is 0 Å². The van der Waals surface area contributed by atoms with Gasteiger partial charge >= 0.3 is 0 Å². The molecule has 1 heterocycles. The summed E-state index contributed by atoms with van der Waals surface area (Å²) >= 11 is 3.31. The molecule has 0 aliphatic rings. The summed E-state index contributed by atoms with van der Waals surface area (Å²) in [5, 5.41) is 0. The third-order valence-electron chi connectivity index (χ3n) is 2.30. The minimum Gasteiger partial charge on any atom is -0.319 e. The molecule has 0 bridgehead atoms. The fourth-order valence-electron chi connectivity index (χ4n) is 1.41. The molecule has 1 aromatic heterocycles. The van der Waals surface area contributed by atoms with E-state index in [0.717, 1.165) is 15.7 Å². The monoisotopic (exact) mass is 280 g/mol. The summed E-state index contributed by atoms with van der Waals surface area (Å²) in [6, 6.07) is 9.54. The molecule has 0 spiro atoms. The summed E-state index contributed by atoms with van der Waals surface area (Å²) in [6.45, 7) is 0. The van der Waals surface area contributed by atoms with Gasteiger partial charge in [0.25, 0.3) is 0 Å². The Labute approximate surface area is 101 Å². The van der Waals surface area contributed by atoms with E-state index in [9.17, 15) is 4.39 Å². The molecule has 1 aromatic carbocycles. The summed E-state index contributed by atoms with van der Waals surface area (Å²) in [5.74, 6) is -0.264. The maximum atomic E-state index is 12.7. The van der Waals surface area contributed by atoms with Crippen LogP contribution in [0.1, 0.15) is 17.3 Å². The Morgan fingerprint density at radius 1 is 1.12 bits per heavy atom. The molecule has 2 aromatic rings. The molecule has 0 aliphatic carbocycles. The molecular weight excluding hydrogens is 271 g/mol. The Bertz CT molecular complexity index is 422. The van der Waals surface area contributed by atoms with E-state index in [1.165, 1.54) is 12.1 Å². The van der Waals surface area contributed by atoms with Crippen LogP contribution in [-0.2, 0) is 0 Å². The van der Waals surface area contributed by atoms with Crippen molar-refractivity contribution in [1.29, 1.82) is 0 Å². The average Bonchev–Trinajstić information content (AvgIpc) is 2.30. The second-order valence-corrected chi connectivity index (χ2v) is 4.35. The molecule has 2 rings (SSSR count). The third kappa shape index (κ3) is 2.46. The minimum atomic E-state index is -0.325. The number of rotatable bonds is 2. The number of nitrogens with two attached hydrogens (primary N) is 1. The molecule has 0 radical (unpaired) electrons. The first-order chi connectivity index (χ1) is 7.66. The zero-order valence-electron chi connectivity index (χ0n) is 8.40. The van der Waals surface area contributed by atoms with E-state index in [4.69, 9.17) is 5.73 Å². The molecule has 1 atom stereocenters. The Kier molecular flexibility index (Phi) is 3.31. The lowest BCUT2D eigenvalue weighted by Gasteiger charge is -2.11. The van der Waals surface area contributed by atoms with E-state index in [1.54, 1.807) is 18.3 Å². The lowest BCUT2D eigenvalue weighted by Crippen LogP contribution is -2.13. The molecule has 16 heavy (non-hydrogen) atoms. The van der Waals surface area contributed by atoms with Crippen LogP contribution in [0.2, 0.25) is 0 Å². The van der Waals surface area contributed by atoms with Crippen LogP contribution in [0.15, 0.2) is 47.1 Å². The van der Waals surface area contributed by atoms with Gasteiger partial charge < -0.3 is 5.73 Å². The maximum absolute atomic E-state index is 12.7. The molecule has 4 heteroatoms. The molecule has 1 unspecified atom stereocenters. The van der Waals surface area contributed by atoms with Gasteiger partial charge in [-0.3, -0.25) is 4.98 Å². The first kappa shape index (κ1) is 11.2. The van der Waals surface area contributed by atoms with Crippen LogP contribution in [0.4, 0.5) is 4.39 Å². The Balaban J connectivity index is 2.28. The van der Waals surface area contributed by atoms with Crippen molar-refractivity contribution in [2.45, 2.75) is 6.04 Å². The van der Waals surface area contributed by atoms with Gasteiger partial charge in [-0.25, -0.2) is 4.39 Å². The van der Waals surface area contributed by atoms with E-state index in [1.807, 2.05) is 12.1 Å². The summed E-state index contributed by atoms with van der Waals surface area (Å²) < 4.78 is 13.6. The van der Waals surface area contributed by atoms with Crippen molar-refractivity contribution in [2.24, 2.45) is 5.73 Å². The summed E-state index contributed by atoms with van der Waals surface area (Å²) in [5.41, 5.74) is 7.62. The van der Waals surface area contributed by atoms with Crippen LogP contribution in [0, 0.1) is 5.82 Å². The molecule has 0 aliphatic heterocycles. The number of halogens is 2. The number of hydrogen-bond donors (Lipinski definition) is 1. The van der Waals surface area contributed by atoms with Crippen molar-refractivity contribution < 1.29 is 4.39 Å². The number of pyridine rings is 1. The minimum absolute atomic E-state index is 0.264. The molecule has 2 nitrogen and oxygen atoms in total. The van der Waals surface area contributed by atoms with Crippen LogP contribution in [0.5, 0.6) is 0 Å². The Morgan fingerprint density at radius 3 is 2.38 bits per heavy atom. The largest absolute Gasteiger partial charge is 0.319 e. The fourth-order valence-corrected chi connectivity index (χ4v) is 1.65. The van der Waals surface area contributed by atoms with Gasteiger partial charge in [-0.2, -0.15) is 0 Å². The first-order valence-electron chi connectivity index (χ1n) is 4.79. The highest BCUT2D eigenvalue weighted by Crippen LogP contribution is 2.19. The highest BCUT2D eigenvalue weighted by molar-refractivity contribution is 9.10. The zero-order chi connectivity index (χ0) is 11.5. The average molecular weight is 281 g/mol. The first-order valence-corrected chi connectivity index (χ1v) is 5.58. The van der Waals surface area contributed by atoms with Crippen LogP contribution in [-0.4, -0.2) is 4.98 Å². The summed E-state index contributed by atoms with van der Waals surface area (Å²) in [6.07, 6.45) is 1.69. The predicted molar refractivity (Wildman–Crippen MR) is 64.4 cm³/mol. The van der Waals surface area contributed by atoms with Crippen LogP contribution in [0.25, 0.3) is 0 Å². The normalized spacial score (nSPS) is 12.4. The van der Waals surface area contributed by atoms with Gasteiger partial charge in [0.05, 0.1) is 11.7 Å². The SMILES string of the molecule is NC(c1ccc(F)cc1)c1ccc(Br)cn1. The fraction of sp³-hybridized carbons (Fsp3) is 0.0833. The van der Waals surface area contributed by atoms with E-state index >= 15 is 0 Å². The maximum Gasteiger partial charge on any atom is 0.123 e. The smallest absolute Gasteiger partial charge is 0.123 e. The van der Waals surface area contributed by atoms with Gasteiger partial charge in [-0.1, -0.05) is 12.1 Å². The standard InChI is InChI=1S/C12H10BrFN2/c13-9-3-6-11(16-7-9)12(15)8-1-4-10(14)5-2-8/h1-7,12H,15H2. The zero-order valence-corrected chi connectivity index (χ0v) is 9.99. The van der Waals surface area contributed by atoms with Gasteiger partial charge in [0, 0.05) is 10.7 Å². The molecule has 82 valence electrons. The second kappa shape index (κ2) is 4.72. The highest BCUT2D eigenvalue weighted by Gasteiger charge is 2.09.